The molecule has 0 aliphatic heterocycles. The lowest BCUT2D eigenvalue weighted by Crippen LogP contribution is -2.62. The number of phenolic OH excluding ortho intramolecular Hbond substituents is 1. The summed E-state index contributed by atoms with van der Waals surface area (Å²) in [4.78, 5) is 39.3. The lowest BCUT2D eigenvalue weighted by molar-refractivity contribution is -0.155. The number of benzene rings is 2. The zero-order chi connectivity index (χ0) is 27.8. The topological polar surface area (TPSA) is 158 Å². The second-order valence-electron chi connectivity index (χ2n) is 11.1. The molecular formula is C30H31NO7. The Labute approximate surface area is 220 Å². The fourth-order valence-electron chi connectivity index (χ4n) is 6.66. The average molecular weight is 518 g/mol. The van der Waals surface area contributed by atoms with E-state index in [1.807, 2.05) is 32.0 Å². The van der Waals surface area contributed by atoms with Crippen LogP contribution in [0, 0.1) is 37.5 Å². The van der Waals surface area contributed by atoms with Crippen LogP contribution in [0.5, 0.6) is 5.75 Å². The lowest BCUT2D eigenvalue weighted by Gasteiger charge is -2.50. The molecule has 0 bridgehead atoms. The molecular weight excluding hydrogens is 486 g/mol. The number of hydrogen-bond acceptors (Lipinski definition) is 7. The quantitative estimate of drug-likeness (QED) is 0.389. The maximum absolute atomic E-state index is 13.9. The van der Waals surface area contributed by atoms with Crippen LogP contribution in [-0.4, -0.2) is 43.5 Å². The van der Waals surface area contributed by atoms with Gasteiger partial charge in [0.25, 0.3) is 5.91 Å². The number of carbonyl (C=O) groups is 3. The van der Waals surface area contributed by atoms with Gasteiger partial charge in [-0.1, -0.05) is 38.1 Å². The minimum atomic E-state index is -2.61. The van der Waals surface area contributed by atoms with E-state index >= 15 is 0 Å². The number of phenols is 1. The van der Waals surface area contributed by atoms with Gasteiger partial charge in [-0.3, -0.25) is 14.4 Å². The summed E-state index contributed by atoms with van der Waals surface area (Å²) in [6.45, 7) is 7.48. The minimum Gasteiger partial charge on any atom is -0.508 e. The fourth-order valence-corrected chi connectivity index (χ4v) is 6.66. The zero-order valence-electron chi connectivity index (χ0n) is 21.7. The van der Waals surface area contributed by atoms with E-state index in [0.717, 1.165) is 22.3 Å². The van der Waals surface area contributed by atoms with E-state index in [4.69, 9.17) is 5.73 Å². The summed E-state index contributed by atoms with van der Waals surface area (Å²) in [5, 5.41) is 44.8. The molecule has 0 unspecified atom stereocenters. The molecule has 2 aromatic rings. The molecule has 38 heavy (non-hydrogen) atoms. The third-order valence-electron chi connectivity index (χ3n) is 8.67. The highest BCUT2D eigenvalue weighted by atomic mass is 16.3. The normalized spacial score (nSPS) is 26.8. The molecule has 0 saturated heterocycles. The molecule has 0 spiro atoms. The van der Waals surface area contributed by atoms with E-state index in [9.17, 15) is 34.8 Å². The van der Waals surface area contributed by atoms with Gasteiger partial charge in [-0.05, 0) is 72.4 Å². The number of rotatable bonds is 3. The zero-order valence-corrected chi connectivity index (χ0v) is 21.7. The van der Waals surface area contributed by atoms with Gasteiger partial charge in [-0.15, -0.1) is 0 Å². The lowest BCUT2D eigenvalue weighted by atomic mass is 9.54. The van der Waals surface area contributed by atoms with Crippen LogP contribution in [0.1, 0.15) is 42.5 Å². The third kappa shape index (κ3) is 3.36. The van der Waals surface area contributed by atoms with Gasteiger partial charge < -0.3 is 26.2 Å². The predicted molar refractivity (Wildman–Crippen MR) is 140 cm³/mol. The highest BCUT2D eigenvalue weighted by Gasteiger charge is 2.64. The van der Waals surface area contributed by atoms with Crippen molar-refractivity contribution in [1.82, 2.24) is 0 Å². The molecule has 3 aliphatic rings. The Hall–Kier alpha value is -3.91. The van der Waals surface area contributed by atoms with E-state index in [2.05, 4.69) is 0 Å². The summed E-state index contributed by atoms with van der Waals surface area (Å²) in [5.74, 6) is -7.66. The Bertz CT molecular complexity index is 1500. The van der Waals surface area contributed by atoms with Crippen molar-refractivity contribution in [2.75, 3.05) is 0 Å². The van der Waals surface area contributed by atoms with E-state index in [1.165, 1.54) is 6.07 Å². The van der Waals surface area contributed by atoms with Crippen LogP contribution < -0.4 is 5.73 Å². The Morgan fingerprint density at radius 2 is 1.74 bits per heavy atom. The monoisotopic (exact) mass is 517 g/mol. The molecule has 198 valence electrons. The number of aliphatic hydroxyl groups is 3. The average Bonchev–Trinajstić information content (AvgIpc) is 2.83. The highest BCUT2D eigenvalue weighted by Crippen LogP contribution is 2.55. The molecule has 4 atom stereocenters. The SMILES string of the molecule is Cc1ccc(-c2ccc(O)c3c2C[C@H]2C[C@H]4[C@H](C(C)C)C(=O)C(C(N)=O)=C(O)[C@@]4(O)C(=O)C2=C3O)cc1C. The molecule has 2 aromatic carbocycles. The second-order valence-corrected chi connectivity index (χ2v) is 11.1. The van der Waals surface area contributed by atoms with Gasteiger partial charge in [0.05, 0.1) is 5.56 Å². The van der Waals surface area contributed by atoms with Crippen LogP contribution in [0.3, 0.4) is 0 Å². The Morgan fingerprint density at radius 3 is 2.34 bits per heavy atom. The maximum Gasteiger partial charge on any atom is 0.255 e. The molecule has 3 aliphatic carbocycles. The van der Waals surface area contributed by atoms with Gasteiger partial charge in [-0.2, -0.15) is 0 Å². The smallest absolute Gasteiger partial charge is 0.255 e. The summed E-state index contributed by atoms with van der Waals surface area (Å²) >= 11 is 0. The standard InChI is InChI=1S/C30H31NO7/c1-12(2)21-19-11-16-10-18-17(15-6-5-13(3)14(4)9-15)7-8-20(32)23(18)26(34)22(16)27(35)30(19,38)28(36)24(25(21)33)29(31)37/h5-9,12,16,19,21,32,34,36,38H,10-11H2,1-4H3,(H2,31,37)/t16-,19-,21-,30-/m0/s1. The molecule has 8 nitrogen and oxygen atoms in total. The van der Waals surface area contributed by atoms with Crippen LogP contribution >= 0.6 is 0 Å². The Morgan fingerprint density at radius 1 is 1.05 bits per heavy atom. The molecule has 0 heterocycles. The summed E-state index contributed by atoms with van der Waals surface area (Å²) in [5.41, 5.74) is 6.46. The molecule has 1 amide bonds. The number of Topliss-reactive ketones (excluding diaryl/α,β-unsaturated/α-hetero) is 2. The van der Waals surface area contributed by atoms with E-state index in [0.29, 0.717) is 5.56 Å². The van der Waals surface area contributed by atoms with E-state index < -0.39 is 57.9 Å². The molecule has 1 fully saturated rings. The van der Waals surface area contributed by atoms with Gasteiger partial charge in [0.2, 0.25) is 5.78 Å². The summed E-state index contributed by atoms with van der Waals surface area (Å²) in [6, 6.07) is 9.18. The maximum atomic E-state index is 13.9. The Kier molecular flexibility index (Phi) is 5.80. The van der Waals surface area contributed by atoms with Gasteiger partial charge in [-0.25, -0.2) is 0 Å². The van der Waals surface area contributed by atoms with Crippen molar-refractivity contribution in [1.29, 1.82) is 0 Å². The fraction of sp³-hybridized carbons (Fsp3) is 0.367. The summed E-state index contributed by atoms with van der Waals surface area (Å²) < 4.78 is 0. The van der Waals surface area contributed by atoms with Crippen LogP contribution in [0.4, 0.5) is 0 Å². The molecule has 6 N–H and O–H groups in total. The van der Waals surface area contributed by atoms with Crippen molar-refractivity contribution in [3.63, 3.8) is 0 Å². The van der Waals surface area contributed by atoms with Crippen LogP contribution in [-0.2, 0) is 20.8 Å². The molecule has 5 rings (SSSR count). The summed E-state index contributed by atoms with van der Waals surface area (Å²) in [7, 11) is 0. The number of aliphatic hydroxyl groups excluding tert-OH is 2. The van der Waals surface area contributed by atoms with Gasteiger partial charge in [0.15, 0.2) is 11.4 Å². The molecule has 1 saturated carbocycles. The molecule has 0 radical (unpaired) electrons. The largest absolute Gasteiger partial charge is 0.508 e. The first-order chi connectivity index (χ1) is 17.8. The van der Waals surface area contributed by atoms with Crippen molar-refractivity contribution in [3.8, 4) is 16.9 Å². The highest BCUT2D eigenvalue weighted by molar-refractivity contribution is 6.23. The summed E-state index contributed by atoms with van der Waals surface area (Å²) in [6.07, 6.45) is 0.351. The van der Waals surface area contributed by atoms with Crippen molar-refractivity contribution in [3.05, 3.63) is 69.5 Å². The number of ketones is 2. The van der Waals surface area contributed by atoms with Crippen LogP contribution in [0.25, 0.3) is 16.9 Å². The number of aryl methyl sites for hydroxylation is 2. The first kappa shape index (κ1) is 25.7. The number of carbonyl (C=O) groups excluding carboxylic acids is 3. The van der Waals surface area contributed by atoms with Crippen molar-refractivity contribution in [2.24, 2.45) is 29.4 Å². The van der Waals surface area contributed by atoms with E-state index in [1.54, 1.807) is 19.9 Å². The van der Waals surface area contributed by atoms with Crippen molar-refractivity contribution < 1.29 is 34.8 Å². The molecule has 0 aromatic heterocycles. The number of primary amides is 1. The number of hydrogen-bond donors (Lipinski definition) is 5. The van der Waals surface area contributed by atoms with Gasteiger partial charge in [0, 0.05) is 17.4 Å². The van der Waals surface area contributed by atoms with Gasteiger partial charge >= 0.3 is 0 Å². The van der Waals surface area contributed by atoms with Crippen LogP contribution in [0.2, 0.25) is 0 Å². The van der Waals surface area contributed by atoms with E-state index in [-0.39, 0.29) is 35.6 Å². The van der Waals surface area contributed by atoms with Crippen LogP contribution in [0.15, 0.2) is 47.2 Å². The number of fused-ring (bicyclic) bond motifs is 3. The second kappa shape index (κ2) is 8.56. The van der Waals surface area contributed by atoms with Crippen molar-refractivity contribution in [2.45, 2.75) is 46.1 Å². The first-order valence-corrected chi connectivity index (χ1v) is 12.7. The number of amides is 1. The molecule has 8 heteroatoms. The third-order valence-corrected chi connectivity index (χ3v) is 8.67. The Balaban J connectivity index is 1.74. The predicted octanol–water partition coefficient (Wildman–Crippen LogP) is 3.59. The van der Waals surface area contributed by atoms with Gasteiger partial charge in [0.1, 0.15) is 22.8 Å². The first-order valence-electron chi connectivity index (χ1n) is 12.7. The number of aromatic hydroxyl groups is 1. The minimum absolute atomic E-state index is 0.0910. The number of nitrogens with two attached hydrogens (primary N) is 1. The van der Waals surface area contributed by atoms with Crippen molar-refractivity contribution >= 4 is 23.2 Å².